The van der Waals surface area contributed by atoms with Crippen molar-refractivity contribution in [1.82, 2.24) is 20.1 Å². The number of nitrogens with zero attached hydrogens (tertiary/aromatic N) is 6. The van der Waals surface area contributed by atoms with Crippen molar-refractivity contribution in [3.63, 3.8) is 0 Å². The van der Waals surface area contributed by atoms with Crippen LogP contribution in [0.4, 0.5) is 5.69 Å². The Bertz CT molecular complexity index is 922. The molecule has 3 heterocycles. The Kier molecular flexibility index (Phi) is 5.93. The molecule has 0 aliphatic carbocycles. The van der Waals surface area contributed by atoms with E-state index in [1.54, 1.807) is 24.9 Å². The average Bonchev–Trinajstić information content (AvgIpc) is 2.71. The van der Waals surface area contributed by atoms with Gasteiger partial charge in [0.15, 0.2) is 0 Å². The summed E-state index contributed by atoms with van der Waals surface area (Å²) in [7, 11) is 0. The molecule has 0 saturated heterocycles. The number of fused-ring (bicyclic) bond motifs is 1. The maximum absolute atomic E-state index is 11.5. The van der Waals surface area contributed by atoms with Crippen molar-refractivity contribution in [1.29, 1.82) is 0 Å². The quantitative estimate of drug-likeness (QED) is 0.477. The van der Waals surface area contributed by atoms with Gasteiger partial charge in [-0.15, -0.1) is 10.2 Å². The lowest BCUT2D eigenvalue weighted by atomic mass is 10.1. The van der Waals surface area contributed by atoms with Gasteiger partial charge in [-0.2, -0.15) is 5.10 Å². The summed E-state index contributed by atoms with van der Waals surface area (Å²) >= 11 is 0. The number of pyridine rings is 1. The van der Waals surface area contributed by atoms with Crippen LogP contribution in [0.15, 0.2) is 34.5 Å². The predicted octanol–water partition coefficient (Wildman–Crippen LogP) is 1.57. The molecule has 0 aromatic carbocycles. The number of carbonyl (C=O) groups excluding carboxylic acids is 1. The highest BCUT2D eigenvalue weighted by Gasteiger charge is 2.20. The molecule has 1 aliphatic rings. The highest BCUT2D eigenvalue weighted by molar-refractivity contribution is 6.42. The number of aromatic nitrogens is 3. The van der Waals surface area contributed by atoms with Crippen LogP contribution in [0.3, 0.4) is 0 Å². The number of rotatable bonds is 5. The first-order valence-electron chi connectivity index (χ1n) is 8.95. The normalized spacial score (nSPS) is 14.6. The molecule has 2 aromatic rings. The molecule has 2 N–H and O–H groups in total. The Balaban J connectivity index is 1.73. The summed E-state index contributed by atoms with van der Waals surface area (Å²) in [6.45, 7) is 6.52. The number of aliphatic imine (C=N–C) groups is 1. The lowest BCUT2D eigenvalue weighted by Gasteiger charge is -2.26. The zero-order chi connectivity index (χ0) is 20.1. The zero-order valence-electron chi connectivity index (χ0n) is 16.2. The summed E-state index contributed by atoms with van der Waals surface area (Å²) in [6.07, 6.45) is 2.40. The summed E-state index contributed by atoms with van der Waals surface area (Å²) < 4.78 is 5.79. The van der Waals surface area contributed by atoms with Crippen molar-refractivity contribution in [2.75, 3.05) is 13.2 Å². The van der Waals surface area contributed by atoms with Gasteiger partial charge in [-0.25, -0.2) is 4.99 Å². The lowest BCUT2D eigenvalue weighted by Crippen LogP contribution is -2.35. The molecule has 0 radical (unpaired) electrons. The van der Waals surface area contributed by atoms with Gasteiger partial charge in [0.1, 0.15) is 12.3 Å². The van der Waals surface area contributed by atoms with Crippen LogP contribution in [-0.4, -0.2) is 50.6 Å². The smallest absolute Gasteiger partial charge is 0.234 e. The summed E-state index contributed by atoms with van der Waals surface area (Å²) in [5, 5.41) is 12.0. The summed E-state index contributed by atoms with van der Waals surface area (Å²) in [4.78, 5) is 22.0. The average molecular weight is 381 g/mol. The van der Waals surface area contributed by atoms with Gasteiger partial charge in [0.25, 0.3) is 0 Å². The molecule has 1 amide bonds. The minimum atomic E-state index is 0.0378. The molecule has 0 saturated carbocycles. The first-order valence-corrected chi connectivity index (χ1v) is 8.95. The summed E-state index contributed by atoms with van der Waals surface area (Å²) in [6, 6.07) is 5.61. The number of amides is 1. The molecular formula is C19H23N7O2. The maximum Gasteiger partial charge on any atom is 0.234 e. The molecule has 1 aliphatic heterocycles. The monoisotopic (exact) mass is 381 g/mol. The van der Waals surface area contributed by atoms with E-state index in [0.29, 0.717) is 36.1 Å². The van der Waals surface area contributed by atoms with Crippen molar-refractivity contribution < 1.29 is 9.53 Å². The van der Waals surface area contributed by atoms with Gasteiger partial charge in [0.05, 0.1) is 29.8 Å². The Morgan fingerprint density at radius 1 is 1.32 bits per heavy atom. The first kappa shape index (κ1) is 19.4. The van der Waals surface area contributed by atoms with Crippen LogP contribution < -0.4 is 10.6 Å². The molecule has 0 unspecified atom stereocenters. The standard InChI is InChI=1S/C19H23N7O2/c1-12-4-5-16(9-21-12)22-18(13(2)23-20)11-28-19-8-15-6-7-26(14(3)27)10-17(15)24-25-19/h4-5,8-9H,6-7,10-11,20H2,1-3H3. The largest absolute Gasteiger partial charge is 0.470 e. The fourth-order valence-corrected chi connectivity index (χ4v) is 2.76. The number of hydrazone groups is 1. The van der Waals surface area contributed by atoms with Crippen LogP contribution in [-0.2, 0) is 17.8 Å². The maximum atomic E-state index is 11.5. The number of ether oxygens (including phenoxy) is 1. The fourth-order valence-electron chi connectivity index (χ4n) is 2.76. The molecule has 9 heteroatoms. The van der Waals surface area contributed by atoms with E-state index < -0.39 is 0 Å². The molecule has 28 heavy (non-hydrogen) atoms. The molecule has 0 spiro atoms. The SMILES string of the molecule is CC(=O)N1CCc2cc(OCC(=Nc3ccc(C)nc3)C(C)=NN)nnc2C1. The second kappa shape index (κ2) is 8.55. The Hall–Kier alpha value is -3.36. The predicted molar refractivity (Wildman–Crippen MR) is 106 cm³/mol. The van der Waals surface area contributed by atoms with E-state index in [-0.39, 0.29) is 12.5 Å². The Labute approximate surface area is 163 Å². The Morgan fingerprint density at radius 3 is 2.82 bits per heavy atom. The van der Waals surface area contributed by atoms with E-state index >= 15 is 0 Å². The third-order valence-corrected chi connectivity index (χ3v) is 4.50. The van der Waals surface area contributed by atoms with Gasteiger partial charge >= 0.3 is 0 Å². The molecule has 2 aromatic heterocycles. The second-order valence-electron chi connectivity index (χ2n) is 6.56. The number of carbonyl (C=O) groups is 1. The van der Waals surface area contributed by atoms with Crippen LogP contribution in [0.1, 0.15) is 30.8 Å². The minimum Gasteiger partial charge on any atom is -0.470 e. The number of aryl methyl sites for hydroxylation is 1. The van der Waals surface area contributed by atoms with Gasteiger partial charge in [-0.3, -0.25) is 9.78 Å². The molecule has 0 atom stereocenters. The van der Waals surface area contributed by atoms with Crippen molar-refractivity contribution in [3.8, 4) is 5.88 Å². The fraction of sp³-hybridized carbons (Fsp3) is 0.368. The topological polar surface area (TPSA) is 119 Å². The molecule has 0 bridgehead atoms. The van der Waals surface area contributed by atoms with Crippen LogP contribution in [0.2, 0.25) is 0 Å². The van der Waals surface area contributed by atoms with E-state index in [0.717, 1.165) is 23.4 Å². The van der Waals surface area contributed by atoms with Gasteiger partial charge in [0, 0.05) is 25.2 Å². The van der Waals surface area contributed by atoms with Gasteiger partial charge < -0.3 is 15.5 Å². The zero-order valence-corrected chi connectivity index (χ0v) is 16.2. The minimum absolute atomic E-state index is 0.0378. The first-order chi connectivity index (χ1) is 13.5. The highest BCUT2D eigenvalue weighted by atomic mass is 16.5. The van der Waals surface area contributed by atoms with Gasteiger partial charge in [-0.05, 0) is 38.0 Å². The number of hydrogen-bond acceptors (Lipinski definition) is 8. The molecule has 3 rings (SSSR count). The molecule has 146 valence electrons. The second-order valence-corrected chi connectivity index (χ2v) is 6.56. The third-order valence-electron chi connectivity index (χ3n) is 4.50. The number of hydrogen-bond donors (Lipinski definition) is 1. The number of nitrogens with two attached hydrogens (primary N) is 1. The van der Waals surface area contributed by atoms with E-state index in [2.05, 4.69) is 25.3 Å². The Morgan fingerprint density at radius 2 is 2.14 bits per heavy atom. The summed E-state index contributed by atoms with van der Waals surface area (Å²) in [5.41, 5.74) is 4.57. The third kappa shape index (κ3) is 4.67. The van der Waals surface area contributed by atoms with Crippen molar-refractivity contribution in [3.05, 3.63) is 41.3 Å². The lowest BCUT2D eigenvalue weighted by molar-refractivity contribution is -0.129. The van der Waals surface area contributed by atoms with Crippen molar-refractivity contribution >= 4 is 23.0 Å². The van der Waals surface area contributed by atoms with Crippen molar-refractivity contribution in [2.24, 2.45) is 15.9 Å². The highest BCUT2D eigenvalue weighted by Crippen LogP contribution is 2.20. The van der Waals surface area contributed by atoms with Crippen LogP contribution in [0.5, 0.6) is 5.88 Å². The van der Waals surface area contributed by atoms with Crippen LogP contribution in [0, 0.1) is 6.92 Å². The van der Waals surface area contributed by atoms with E-state index in [4.69, 9.17) is 10.6 Å². The molecular weight excluding hydrogens is 358 g/mol. The molecule has 0 fully saturated rings. The van der Waals surface area contributed by atoms with E-state index in [1.807, 2.05) is 25.1 Å². The van der Waals surface area contributed by atoms with Crippen LogP contribution in [0.25, 0.3) is 0 Å². The van der Waals surface area contributed by atoms with Crippen LogP contribution >= 0.6 is 0 Å². The molecule has 9 nitrogen and oxygen atoms in total. The van der Waals surface area contributed by atoms with E-state index in [9.17, 15) is 4.79 Å². The summed E-state index contributed by atoms with van der Waals surface area (Å²) in [5.74, 6) is 5.86. The van der Waals surface area contributed by atoms with Gasteiger partial charge in [0.2, 0.25) is 11.8 Å². The van der Waals surface area contributed by atoms with E-state index in [1.165, 1.54) is 0 Å². The van der Waals surface area contributed by atoms with Gasteiger partial charge in [-0.1, -0.05) is 0 Å². The van der Waals surface area contributed by atoms with Crippen molar-refractivity contribution in [2.45, 2.75) is 33.7 Å².